The number of halogens is 2. The standard InChI is InChI=1S/C45H39F2N3O12S6/c1-44(2)27-15-36(66(53,54)55)64-41(27)23-13-25-32(18-30(23)49(44)5)62-33-19-31-24(42-28(45(3,4)50(31)6)16-37(65-42)67(56,57)58)14-26(33)38(25)39-40(47)34(17-29(46)43(39)68(59,60)61)63-20-35(52)48-12-11-21-7-9-22(51)10-8-21/h7-10,13-19H,11-12,20H2,1-6H3,(H4-,48,51,52,53,54,55,56,57,58,59,60,61)/p+1. The molecule has 0 aliphatic carbocycles. The summed E-state index contributed by atoms with van der Waals surface area (Å²) in [6.45, 7) is 7.47. The van der Waals surface area contributed by atoms with Crippen LogP contribution in [0.1, 0.15) is 55.5 Å². The van der Waals surface area contributed by atoms with Gasteiger partial charge in [-0.3, -0.25) is 18.5 Å². The van der Waals surface area contributed by atoms with E-state index in [0.717, 1.165) is 28.2 Å². The van der Waals surface area contributed by atoms with E-state index in [4.69, 9.17) is 4.74 Å². The molecule has 0 spiro atoms. The Hall–Kier alpha value is -5.24. The third kappa shape index (κ3) is 7.90. The molecule has 6 aromatic rings. The quantitative estimate of drug-likeness (QED) is 0.0544. The first-order valence-electron chi connectivity index (χ1n) is 20.4. The number of phenols is 1. The second kappa shape index (κ2) is 16.2. The van der Waals surface area contributed by atoms with Crippen molar-refractivity contribution in [2.45, 2.75) is 63.4 Å². The van der Waals surface area contributed by atoms with Crippen molar-refractivity contribution >= 4 is 82.0 Å². The molecule has 3 aliphatic rings. The van der Waals surface area contributed by atoms with Crippen LogP contribution in [-0.4, -0.2) is 76.3 Å². The van der Waals surface area contributed by atoms with Gasteiger partial charge in [-0.25, -0.2) is 13.4 Å². The lowest BCUT2D eigenvalue weighted by Crippen LogP contribution is -2.46. The minimum absolute atomic E-state index is 0.0132. The number of fused-ring (bicyclic) bond motifs is 8. The molecule has 5 heterocycles. The highest BCUT2D eigenvalue weighted by Crippen LogP contribution is 2.55. The number of phenolic OH excluding ortho intramolecular Hbond substituents is 1. The smallest absolute Gasteiger partial charge is 0.304 e. The van der Waals surface area contributed by atoms with Crippen LogP contribution >= 0.6 is 34.4 Å². The van der Waals surface area contributed by atoms with E-state index in [1.54, 1.807) is 38.4 Å². The van der Waals surface area contributed by atoms with Gasteiger partial charge in [0.15, 0.2) is 5.54 Å². The number of carbonyl (C=O) groups is 1. The monoisotopic (exact) mass is 1040 g/mol. The summed E-state index contributed by atoms with van der Waals surface area (Å²) in [5, 5.41) is 12.7. The molecule has 15 nitrogen and oxygen atoms in total. The number of nitrogens with zero attached hydrogens (tertiary/aromatic N) is 2. The molecule has 0 fully saturated rings. The second-order valence-corrected chi connectivity index (χ2v) is 25.2. The van der Waals surface area contributed by atoms with Gasteiger partial charge in [-0.15, -0.1) is 34.4 Å². The maximum Gasteiger partial charge on any atom is 0.304 e. The molecule has 0 unspecified atom stereocenters. The highest BCUT2D eigenvalue weighted by atomic mass is 32.3. The SMILES string of the molecule is CN1c2cc3c(cc2-c2sc(S(=O)(=O)O)cc2C1(C)C)C(c1c(F)c(SCC(=O)NCCc2ccc(O)cc2)cc(F)c1S(=O)(=O)O)=c1cc2c(cc1O3)=[N+](C)C(C)(C)c1cc(S(=O)(=O)O)sc1-2. The Morgan fingerprint density at radius 3 is 2.04 bits per heavy atom. The van der Waals surface area contributed by atoms with Crippen molar-refractivity contribution in [3.8, 4) is 38.1 Å². The molecule has 0 bridgehead atoms. The molecule has 1 amide bonds. The first-order chi connectivity index (χ1) is 31.6. The number of hydrogen-bond donors (Lipinski definition) is 5. The van der Waals surface area contributed by atoms with Crippen molar-refractivity contribution in [2.75, 3.05) is 31.3 Å². The van der Waals surface area contributed by atoms with Crippen LogP contribution < -0.4 is 30.1 Å². The zero-order valence-electron chi connectivity index (χ0n) is 36.6. The number of nitrogens with one attached hydrogen (secondary N) is 1. The number of thiophene rings is 2. The molecule has 356 valence electrons. The minimum Gasteiger partial charge on any atom is -0.508 e. The summed E-state index contributed by atoms with van der Waals surface area (Å²) < 4.78 is 150. The summed E-state index contributed by atoms with van der Waals surface area (Å²) in [5.41, 5.74) is -0.125. The topological polar surface area (TPSA) is 228 Å². The van der Waals surface area contributed by atoms with Gasteiger partial charge in [0.05, 0.1) is 27.8 Å². The largest absolute Gasteiger partial charge is 0.508 e. The molecule has 3 aliphatic heterocycles. The summed E-state index contributed by atoms with van der Waals surface area (Å²) in [4.78, 5) is 13.7. The van der Waals surface area contributed by atoms with Gasteiger partial charge in [0.2, 0.25) is 11.3 Å². The van der Waals surface area contributed by atoms with Crippen LogP contribution in [0.15, 0.2) is 84.9 Å². The highest BCUT2D eigenvalue weighted by Gasteiger charge is 2.44. The molecule has 68 heavy (non-hydrogen) atoms. The van der Waals surface area contributed by atoms with Crippen LogP contribution in [0.25, 0.3) is 26.5 Å². The van der Waals surface area contributed by atoms with E-state index < -0.39 is 80.1 Å². The van der Waals surface area contributed by atoms with Gasteiger partial charge in [-0.1, -0.05) is 12.1 Å². The normalized spacial score (nSPS) is 15.7. The molecule has 0 radical (unpaired) electrons. The molecule has 0 saturated carbocycles. The van der Waals surface area contributed by atoms with Gasteiger partial charge in [-0.2, -0.15) is 25.3 Å². The predicted molar refractivity (Wildman–Crippen MR) is 253 cm³/mol. The van der Waals surface area contributed by atoms with Crippen LogP contribution in [0.2, 0.25) is 0 Å². The number of rotatable bonds is 10. The average molecular weight is 1050 g/mol. The van der Waals surface area contributed by atoms with Crippen LogP contribution in [-0.2, 0) is 52.6 Å². The van der Waals surface area contributed by atoms with Gasteiger partial charge in [0.25, 0.3) is 10.1 Å². The van der Waals surface area contributed by atoms with Crippen LogP contribution in [0.4, 0.5) is 14.5 Å². The Labute approximate surface area is 401 Å². The summed E-state index contributed by atoms with van der Waals surface area (Å²) in [5.74, 6) is -3.83. The maximum atomic E-state index is 17.7. The lowest BCUT2D eigenvalue weighted by Gasteiger charge is -2.43. The molecule has 4 aromatic carbocycles. The van der Waals surface area contributed by atoms with Gasteiger partial charge < -0.3 is 20.1 Å². The van der Waals surface area contributed by atoms with Crippen molar-refractivity contribution in [3.05, 3.63) is 117 Å². The van der Waals surface area contributed by atoms with Crippen molar-refractivity contribution in [3.63, 3.8) is 0 Å². The van der Waals surface area contributed by atoms with Crippen LogP contribution in [0.3, 0.4) is 0 Å². The van der Waals surface area contributed by atoms with E-state index in [9.17, 15) is 48.8 Å². The van der Waals surface area contributed by atoms with E-state index in [1.165, 1.54) is 36.4 Å². The Morgan fingerprint density at radius 2 is 1.43 bits per heavy atom. The molecule has 0 saturated heterocycles. The fraction of sp³-hybridized carbons (Fsp3) is 0.244. The molecule has 5 N–H and O–H groups in total. The summed E-state index contributed by atoms with van der Waals surface area (Å²) in [6.07, 6.45) is 0.383. The molecule has 0 atom stereocenters. The summed E-state index contributed by atoms with van der Waals surface area (Å²) in [7, 11) is -11.6. The van der Waals surface area contributed by atoms with Crippen molar-refractivity contribution in [1.29, 1.82) is 0 Å². The van der Waals surface area contributed by atoms with E-state index >= 15 is 8.78 Å². The molecular formula is C45H40F2N3O12S6+. The zero-order chi connectivity index (χ0) is 49.4. The molecular weight excluding hydrogens is 1000 g/mol. The summed E-state index contributed by atoms with van der Waals surface area (Å²) >= 11 is 2.08. The number of benzene rings is 4. The van der Waals surface area contributed by atoms with Crippen LogP contribution in [0.5, 0.6) is 17.2 Å². The number of aromatic hydroxyl groups is 1. The van der Waals surface area contributed by atoms with Gasteiger partial charge in [0, 0.05) is 82.0 Å². The van der Waals surface area contributed by atoms with Gasteiger partial charge in [0.1, 0.15) is 49.2 Å². The Balaban J connectivity index is 1.32. The Bertz CT molecular complexity index is 3700. The zero-order valence-corrected chi connectivity index (χ0v) is 41.5. The molecule has 9 rings (SSSR count). The Morgan fingerprint density at radius 1 is 0.809 bits per heavy atom. The predicted octanol–water partition coefficient (Wildman–Crippen LogP) is 6.73. The fourth-order valence-electron chi connectivity index (χ4n) is 8.78. The summed E-state index contributed by atoms with van der Waals surface area (Å²) in [6, 6.07) is 15.7. The van der Waals surface area contributed by atoms with E-state index in [2.05, 4.69) is 5.32 Å². The number of thioether (sulfide) groups is 1. The average Bonchev–Trinajstić information content (AvgIpc) is 3.92. The van der Waals surface area contributed by atoms with Gasteiger partial charge in [-0.05, 0) is 73.9 Å². The van der Waals surface area contributed by atoms with E-state index in [0.29, 0.717) is 67.3 Å². The van der Waals surface area contributed by atoms with Gasteiger partial charge >= 0.3 is 20.2 Å². The highest BCUT2D eigenvalue weighted by molar-refractivity contribution is 8.00. The number of hydrogen-bond acceptors (Lipinski definition) is 13. The van der Waals surface area contributed by atoms with Crippen molar-refractivity contribution in [1.82, 2.24) is 9.89 Å². The van der Waals surface area contributed by atoms with E-state index in [1.807, 2.05) is 37.2 Å². The first kappa shape index (κ1) is 47.8. The maximum absolute atomic E-state index is 17.7. The van der Waals surface area contributed by atoms with Crippen molar-refractivity contribution in [2.24, 2.45) is 0 Å². The molecule has 2 aromatic heterocycles. The lowest BCUT2D eigenvalue weighted by molar-refractivity contribution is -0.118. The third-order valence-corrected chi connectivity index (χ3v) is 19.6. The van der Waals surface area contributed by atoms with E-state index in [-0.39, 0.29) is 48.6 Å². The molecule has 23 heteroatoms. The number of anilines is 1. The number of carbonyl (C=O) groups excluding carboxylic acids is 1. The Kier molecular flexibility index (Phi) is 11.4. The minimum atomic E-state index is -5.62. The lowest BCUT2D eigenvalue weighted by atomic mass is 9.83. The fourth-order valence-corrected chi connectivity index (χ4v) is 14.4. The van der Waals surface area contributed by atoms with Crippen LogP contribution in [0, 0.1) is 11.6 Å². The first-order valence-corrected chi connectivity index (χ1v) is 27.3. The second-order valence-electron chi connectivity index (χ2n) is 17.4. The number of ether oxygens (including phenoxy) is 1. The number of amides is 1. The van der Waals surface area contributed by atoms with Crippen molar-refractivity contribution < 1.29 is 62.3 Å². The third-order valence-electron chi connectivity index (χ3n) is 12.8.